The summed E-state index contributed by atoms with van der Waals surface area (Å²) >= 11 is 0. The Morgan fingerprint density at radius 2 is 2.00 bits per heavy atom. The Kier molecular flexibility index (Phi) is 6.17. The van der Waals surface area contributed by atoms with Crippen molar-refractivity contribution in [2.24, 2.45) is 11.5 Å². The van der Waals surface area contributed by atoms with Crippen molar-refractivity contribution in [3.05, 3.63) is 35.9 Å². The van der Waals surface area contributed by atoms with E-state index in [1.54, 1.807) is 0 Å². The van der Waals surface area contributed by atoms with Gasteiger partial charge in [0.25, 0.3) is 5.91 Å². The van der Waals surface area contributed by atoms with Crippen LogP contribution in [0.3, 0.4) is 0 Å². The van der Waals surface area contributed by atoms with Crippen molar-refractivity contribution < 1.29 is 9.53 Å². The van der Waals surface area contributed by atoms with E-state index >= 15 is 0 Å². The van der Waals surface area contributed by atoms with Crippen molar-refractivity contribution in [3.63, 3.8) is 0 Å². The lowest BCUT2D eigenvalue weighted by molar-refractivity contribution is -0.143. The van der Waals surface area contributed by atoms with Gasteiger partial charge in [0.2, 0.25) is 0 Å². The van der Waals surface area contributed by atoms with E-state index in [0.29, 0.717) is 26.2 Å². The summed E-state index contributed by atoms with van der Waals surface area (Å²) < 4.78 is 5.72. The molecular formula is C16H25N3O2. The van der Waals surface area contributed by atoms with Gasteiger partial charge in [0.15, 0.2) is 0 Å². The van der Waals surface area contributed by atoms with Gasteiger partial charge >= 0.3 is 0 Å². The molecule has 21 heavy (non-hydrogen) atoms. The summed E-state index contributed by atoms with van der Waals surface area (Å²) in [5.41, 5.74) is 12.3. The maximum absolute atomic E-state index is 12.6. The third-order valence-electron chi connectivity index (χ3n) is 3.81. The van der Waals surface area contributed by atoms with E-state index in [4.69, 9.17) is 16.2 Å². The van der Waals surface area contributed by atoms with Gasteiger partial charge in [-0.25, -0.2) is 0 Å². The zero-order valence-electron chi connectivity index (χ0n) is 12.4. The van der Waals surface area contributed by atoms with Crippen LogP contribution in [0.2, 0.25) is 0 Å². The Balaban J connectivity index is 1.99. The van der Waals surface area contributed by atoms with Crippen molar-refractivity contribution in [2.75, 3.05) is 19.6 Å². The molecule has 2 rings (SSSR count). The summed E-state index contributed by atoms with van der Waals surface area (Å²) in [5.74, 6) is 0.0586. The largest absolute Gasteiger partial charge is 0.364 e. The first-order valence-corrected chi connectivity index (χ1v) is 7.63. The van der Waals surface area contributed by atoms with Gasteiger partial charge < -0.3 is 21.1 Å². The van der Waals surface area contributed by atoms with Gasteiger partial charge in [0, 0.05) is 19.6 Å². The van der Waals surface area contributed by atoms with Crippen LogP contribution in [-0.4, -0.2) is 42.6 Å². The van der Waals surface area contributed by atoms with Crippen molar-refractivity contribution in [1.29, 1.82) is 0 Å². The van der Waals surface area contributed by atoms with E-state index in [1.165, 1.54) is 0 Å². The van der Waals surface area contributed by atoms with Crippen molar-refractivity contribution in [1.82, 2.24) is 4.90 Å². The second-order valence-electron chi connectivity index (χ2n) is 5.45. The van der Waals surface area contributed by atoms with Gasteiger partial charge in [0.05, 0.1) is 6.10 Å². The van der Waals surface area contributed by atoms with E-state index in [9.17, 15) is 4.79 Å². The summed E-state index contributed by atoms with van der Waals surface area (Å²) in [6, 6.07) is 10.00. The Bertz CT molecular complexity index is 438. The molecule has 1 aromatic carbocycles. The highest BCUT2D eigenvalue weighted by molar-refractivity contribution is 5.81. The molecule has 4 N–H and O–H groups in total. The number of ether oxygens (including phenoxy) is 1. The number of hydrogen-bond acceptors (Lipinski definition) is 4. The predicted molar refractivity (Wildman–Crippen MR) is 82.5 cm³/mol. The average molecular weight is 291 g/mol. The third-order valence-corrected chi connectivity index (χ3v) is 3.81. The molecule has 0 aliphatic carbocycles. The minimum Gasteiger partial charge on any atom is -0.364 e. The normalized spacial score (nSPS) is 21.4. The monoisotopic (exact) mass is 291 g/mol. The number of carbonyl (C=O) groups excluding carboxylic acids is 1. The fraction of sp³-hybridized carbons (Fsp3) is 0.562. The van der Waals surface area contributed by atoms with Crippen LogP contribution in [-0.2, 0) is 16.1 Å². The Morgan fingerprint density at radius 3 is 2.62 bits per heavy atom. The second kappa shape index (κ2) is 8.12. The van der Waals surface area contributed by atoms with E-state index in [1.807, 2.05) is 35.2 Å². The molecule has 1 aliphatic heterocycles. The van der Waals surface area contributed by atoms with E-state index < -0.39 is 0 Å². The number of nitrogens with zero attached hydrogens (tertiary/aromatic N) is 1. The van der Waals surface area contributed by atoms with Crippen LogP contribution in [0.5, 0.6) is 0 Å². The lowest BCUT2D eigenvalue weighted by atomic mass is 10.1. The summed E-state index contributed by atoms with van der Waals surface area (Å²) in [5, 5.41) is 0. The molecule has 1 fully saturated rings. The number of rotatable bonds is 7. The highest BCUT2D eigenvalue weighted by Gasteiger charge is 2.32. The first kappa shape index (κ1) is 15.9. The van der Waals surface area contributed by atoms with Crippen LogP contribution in [0.15, 0.2) is 30.3 Å². The maximum Gasteiger partial charge on any atom is 0.252 e. The summed E-state index contributed by atoms with van der Waals surface area (Å²) in [6.45, 7) is 2.32. The molecule has 0 aromatic heterocycles. The Hall–Kier alpha value is -1.43. The van der Waals surface area contributed by atoms with Crippen LogP contribution in [0, 0.1) is 0 Å². The van der Waals surface area contributed by atoms with E-state index in [-0.39, 0.29) is 18.1 Å². The second-order valence-corrected chi connectivity index (χ2v) is 5.45. The van der Waals surface area contributed by atoms with Gasteiger partial charge in [-0.15, -0.1) is 0 Å². The summed E-state index contributed by atoms with van der Waals surface area (Å²) in [6.07, 6.45) is 2.09. The number of benzene rings is 1. The van der Waals surface area contributed by atoms with Gasteiger partial charge in [-0.05, 0) is 31.4 Å². The first-order valence-electron chi connectivity index (χ1n) is 7.63. The van der Waals surface area contributed by atoms with Crippen LogP contribution in [0.4, 0.5) is 0 Å². The van der Waals surface area contributed by atoms with Crippen LogP contribution in [0.25, 0.3) is 0 Å². The average Bonchev–Trinajstić information content (AvgIpc) is 3.00. The molecule has 1 aliphatic rings. The fourth-order valence-corrected chi connectivity index (χ4v) is 2.62. The topological polar surface area (TPSA) is 81.6 Å². The number of amides is 1. The highest BCUT2D eigenvalue weighted by Crippen LogP contribution is 2.21. The van der Waals surface area contributed by atoms with Gasteiger partial charge in [0.1, 0.15) is 6.10 Å². The van der Waals surface area contributed by atoms with Gasteiger partial charge in [-0.3, -0.25) is 4.79 Å². The van der Waals surface area contributed by atoms with Crippen molar-refractivity contribution in [3.8, 4) is 0 Å². The summed E-state index contributed by atoms with van der Waals surface area (Å²) in [4.78, 5) is 14.5. The standard InChI is InChI=1S/C16H25N3O2/c17-9-4-10-19(12-13-5-2-1-3-6-13)16(20)15-8-7-14(11-18)21-15/h1-3,5-6,14-15H,4,7-12,17-18H2/t14-,15+/m1/s1. The Morgan fingerprint density at radius 1 is 1.24 bits per heavy atom. The van der Waals surface area contributed by atoms with E-state index in [0.717, 1.165) is 24.8 Å². The molecule has 1 aromatic rings. The quantitative estimate of drug-likeness (QED) is 0.781. The van der Waals surface area contributed by atoms with Crippen LogP contribution >= 0.6 is 0 Å². The third kappa shape index (κ3) is 4.52. The molecule has 116 valence electrons. The minimum atomic E-state index is -0.347. The van der Waals surface area contributed by atoms with Crippen molar-refractivity contribution in [2.45, 2.75) is 38.0 Å². The smallest absolute Gasteiger partial charge is 0.252 e. The molecule has 2 atom stereocenters. The SMILES string of the molecule is NCCCN(Cc1ccccc1)C(=O)[C@@H]1CC[C@H](CN)O1. The predicted octanol–water partition coefficient (Wildman–Crippen LogP) is 0.870. The molecule has 0 unspecified atom stereocenters. The molecule has 0 saturated carbocycles. The maximum atomic E-state index is 12.6. The highest BCUT2D eigenvalue weighted by atomic mass is 16.5. The number of hydrogen-bond donors (Lipinski definition) is 2. The lowest BCUT2D eigenvalue weighted by Crippen LogP contribution is -2.40. The van der Waals surface area contributed by atoms with Crippen LogP contribution < -0.4 is 11.5 Å². The number of nitrogens with two attached hydrogens (primary N) is 2. The molecular weight excluding hydrogens is 266 g/mol. The zero-order valence-corrected chi connectivity index (χ0v) is 12.4. The molecule has 0 radical (unpaired) electrons. The van der Waals surface area contributed by atoms with Gasteiger partial charge in [-0.1, -0.05) is 30.3 Å². The lowest BCUT2D eigenvalue weighted by Gasteiger charge is -2.25. The summed E-state index contributed by atoms with van der Waals surface area (Å²) in [7, 11) is 0. The molecule has 0 bridgehead atoms. The van der Waals surface area contributed by atoms with Gasteiger partial charge in [-0.2, -0.15) is 0 Å². The molecule has 1 saturated heterocycles. The fourth-order valence-electron chi connectivity index (χ4n) is 2.62. The molecule has 5 nitrogen and oxygen atoms in total. The zero-order chi connectivity index (χ0) is 15.1. The molecule has 1 amide bonds. The Labute approximate surface area is 126 Å². The molecule has 5 heteroatoms. The van der Waals surface area contributed by atoms with Crippen molar-refractivity contribution >= 4 is 5.91 Å². The van der Waals surface area contributed by atoms with Crippen LogP contribution in [0.1, 0.15) is 24.8 Å². The molecule has 0 spiro atoms. The van der Waals surface area contributed by atoms with E-state index in [2.05, 4.69) is 0 Å². The number of carbonyl (C=O) groups is 1. The molecule has 1 heterocycles. The minimum absolute atomic E-state index is 0.0204. The first-order chi connectivity index (χ1) is 10.2.